The molecule has 0 amide bonds. The summed E-state index contributed by atoms with van der Waals surface area (Å²) in [5.74, 6) is 0.754. The first-order valence-electron chi connectivity index (χ1n) is 15.8. The van der Waals surface area contributed by atoms with Gasteiger partial charge < -0.3 is 14.6 Å². The van der Waals surface area contributed by atoms with Crippen molar-refractivity contribution < 1.29 is 27.6 Å². The maximum Gasteiger partial charge on any atom is 0.295 e. The van der Waals surface area contributed by atoms with E-state index in [-0.39, 0.29) is 4.90 Å². The second-order valence-electron chi connectivity index (χ2n) is 11.1. The molecule has 0 spiro atoms. The maximum absolute atomic E-state index is 12.5. The van der Waals surface area contributed by atoms with E-state index in [0.717, 1.165) is 41.0 Å². The molecule has 45 heavy (non-hydrogen) atoms. The highest BCUT2D eigenvalue weighted by molar-refractivity contribution is 8.00. The Balaban J connectivity index is 1.52. The first-order valence-corrected chi connectivity index (χ1v) is 18.0. The van der Waals surface area contributed by atoms with Gasteiger partial charge in [0.2, 0.25) is 0 Å². The summed E-state index contributed by atoms with van der Waals surface area (Å²) in [5, 5.41) is 11.5. The Hall–Kier alpha value is -3.14. The Kier molecular flexibility index (Phi) is 13.5. The van der Waals surface area contributed by atoms with Crippen molar-refractivity contribution in [1.29, 1.82) is 0 Å². The van der Waals surface area contributed by atoms with Crippen LogP contribution in [0, 0.1) is 0 Å². The number of hydrogen-bond donors (Lipinski definition) is 2. The molecule has 4 aromatic carbocycles. The van der Waals surface area contributed by atoms with Crippen LogP contribution in [-0.4, -0.2) is 31.3 Å². The van der Waals surface area contributed by atoms with Gasteiger partial charge in [0, 0.05) is 16.4 Å². The van der Waals surface area contributed by atoms with Gasteiger partial charge in [-0.25, -0.2) is 0 Å². The van der Waals surface area contributed by atoms with Crippen molar-refractivity contribution in [3.8, 4) is 16.9 Å². The predicted octanol–water partition coefficient (Wildman–Crippen LogP) is 9.50. The van der Waals surface area contributed by atoms with E-state index < -0.39 is 16.2 Å². The molecule has 2 N–H and O–H groups in total. The van der Waals surface area contributed by atoms with E-state index in [9.17, 15) is 18.1 Å². The summed E-state index contributed by atoms with van der Waals surface area (Å²) in [6.45, 7) is 6.14. The molecule has 0 saturated heterocycles. The summed E-state index contributed by atoms with van der Waals surface area (Å²) in [7, 11) is -4.54. The third kappa shape index (κ3) is 10.4. The van der Waals surface area contributed by atoms with Crippen LogP contribution in [0.3, 0.4) is 0 Å². The van der Waals surface area contributed by atoms with Gasteiger partial charge in [-0.15, -0.1) is 0 Å². The number of aliphatic hydroxyl groups excluding tert-OH is 1. The summed E-state index contributed by atoms with van der Waals surface area (Å²) in [4.78, 5) is 1.02. The van der Waals surface area contributed by atoms with Gasteiger partial charge >= 0.3 is 0 Å². The lowest BCUT2D eigenvalue weighted by atomic mass is 9.92. The zero-order valence-electron chi connectivity index (χ0n) is 26.2. The van der Waals surface area contributed by atoms with E-state index in [2.05, 4.69) is 13.8 Å². The Bertz CT molecular complexity index is 1600. The number of benzene rings is 4. The highest BCUT2D eigenvalue weighted by atomic mass is 32.2. The lowest BCUT2D eigenvalue weighted by Crippen LogP contribution is -2.05. The van der Waals surface area contributed by atoms with Crippen LogP contribution >= 0.6 is 11.8 Å². The minimum Gasteiger partial charge on any atom is -0.494 e. The fourth-order valence-electron chi connectivity index (χ4n) is 5.06. The van der Waals surface area contributed by atoms with Crippen LogP contribution in [0.15, 0.2) is 106 Å². The summed E-state index contributed by atoms with van der Waals surface area (Å²) in [5.41, 5.74) is 3.58. The van der Waals surface area contributed by atoms with Crippen molar-refractivity contribution in [3.63, 3.8) is 0 Å². The van der Waals surface area contributed by atoms with Crippen molar-refractivity contribution in [1.82, 2.24) is 0 Å². The van der Waals surface area contributed by atoms with Crippen LogP contribution in [0.2, 0.25) is 0 Å². The topological polar surface area (TPSA) is 93.1 Å². The van der Waals surface area contributed by atoms with E-state index in [4.69, 9.17) is 9.47 Å². The molecule has 0 aliphatic heterocycles. The first-order chi connectivity index (χ1) is 21.8. The van der Waals surface area contributed by atoms with Crippen molar-refractivity contribution >= 4 is 21.9 Å². The standard InChI is InChI=1S/C37H44O6S2/c1-3-5-7-8-11-23-42-27-28-13-12-14-30(25-28)37(38)34-16-10-9-15-33(34)29-17-22-35(36(26-29)45(39,40)41)44-32-20-18-31(19-21-32)43-24-6-4-2/h9-10,12-22,25-26,37-38H,3-8,11,23-24,27H2,1-2H3,(H,39,40,41). The molecule has 0 aromatic heterocycles. The molecule has 4 aromatic rings. The minimum absolute atomic E-state index is 0.189. The molecule has 0 bridgehead atoms. The average molecular weight is 649 g/mol. The van der Waals surface area contributed by atoms with Gasteiger partial charge in [0.1, 0.15) is 16.7 Å². The molecule has 0 aliphatic carbocycles. The first kappa shape index (κ1) is 34.7. The van der Waals surface area contributed by atoms with Gasteiger partial charge in [0.15, 0.2) is 0 Å². The fraction of sp³-hybridized carbons (Fsp3) is 0.351. The zero-order valence-corrected chi connectivity index (χ0v) is 27.8. The van der Waals surface area contributed by atoms with Crippen LogP contribution in [0.1, 0.15) is 81.6 Å². The Morgan fingerprint density at radius 2 is 1.53 bits per heavy atom. The van der Waals surface area contributed by atoms with Gasteiger partial charge in [-0.1, -0.05) is 112 Å². The van der Waals surface area contributed by atoms with E-state index in [0.29, 0.717) is 41.4 Å². The Morgan fingerprint density at radius 1 is 0.778 bits per heavy atom. The van der Waals surface area contributed by atoms with Crippen molar-refractivity contribution in [2.24, 2.45) is 0 Å². The van der Waals surface area contributed by atoms with Crippen LogP contribution in [-0.2, 0) is 21.5 Å². The molecule has 0 radical (unpaired) electrons. The molecule has 1 unspecified atom stereocenters. The molecule has 4 rings (SSSR count). The van der Waals surface area contributed by atoms with E-state index >= 15 is 0 Å². The molecule has 0 saturated carbocycles. The quantitative estimate of drug-likeness (QED) is 0.0820. The van der Waals surface area contributed by atoms with Crippen molar-refractivity contribution in [2.75, 3.05) is 13.2 Å². The van der Waals surface area contributed by atoms with Crippen molar-refractivity contribution in [2.45, 2.75) is 86.2 Å². The third-order valence-corrected chi connectivity index (χ3v) is 9.64. The molecule has 6 nitrogen and oxygen atoms in total. The molecular formula is C37H44O6S2. The van der Waals surface area contributed by atoms with Crippen molar-refractivity contribution in [3.05, 3.63) is 108 Å². The zero-order chi connectivity index (χ0) is 32.1. The number of rotatable bonds is 18. The number of unbranched alkanes of at least 4 members (excludes halogenated alkanes) is 5. The third-order valence-electron chi connectivity index (χ3n) is 7.53. The van der Waals surface area contributed by atoms with Gasteiger partial charge in [0.25, 0.3) is 10.1 Å². The molecule has 240 valence electrons. The average Bonchev–Trinajstić information content (AvgIpc) is 3.05. The summed E-state index contributed by atoms with van der Waals surface area (Å²) < 4.78 is 46.9. The van der Waals surface area contributed by atoms with Gasteiger partial charge in [-0.05, 0) is 77.1 Å². The van der Waals surface area contributed by atoms with Crippen LogP contribution in [0.25, 0.3) is 11.1 Å². The number of ether oxygens (including phenoxy) is 2. The number of aliphatic hydroxyl groups is 1. The van der Waals surface area contributed by atoms with Crippen LogP contribution in [0.4, 0.5) is 0 Å². The minimum atomic E-state index is -4.54. The molecule has 0 fully saturated rings. The largest absolute Gasteiger partial charge is 0.494 e. The maximum atomic E-state index is 12.5. The lowest BCUT2D eigenvalue weighted by Gasteiger charge is -2.18. The molecule has 0 heterocycles. The Morgan fingerprint density at radius 3 is 2.29 bits per heavy atom. The van der Waals surface area contributed by atoms with Crippen LogP contribution in [0.5, 0.6) is 5.75 Å². The van der Waals surface area contributed by atoms with E-state index in [1.165, 1.54) is 43.5 Å². The summed E-state index contributed by atoms with van der Waals surface area (Å²) >= 11 is 1.25. The van der Waals surface area contributed by atoms with E-state index in [1.807, 2.05) is 78.9 Å². The fourth-order valence-corrected chi connectivity index (χ4v) is 6.92. The lowest BCUT2D eigenvalue weighted by molar-refractivity contribution is 0.116. The predicted molar refractivity (Wildman–Crippen MR) is 182 cm³/mol. The molecule has 0 aliphatic rings. The van der Waals surface area contributed by atoms with Gasteiger partial charge in [-0.3, -0.25) is 4.55 Å². The summed E-state index contributed by atoms with van der Waals surface area (Å²) in [6, 6.07) is 27.5. The smallest absolute Gasteiger partial charge is 0.295 e. The van der Waals surface area contributed by atoms with E-state index in [1.54, 1.807) is 6.07 Å². The van der Waals surface area contributed by atoms with Gasteiger partial charge in [0.05, 0.1) is 13.2 Å². The SMILES string of the molecule is CCCCCCCOCc1cccc(C(O)c2ccccc2-c2ccc(Sc3ccc(OCCCC)cc3)c(S(=O)(=O)O)c2)c1. The molecule has 8 heteroatoms. The highest BCUT2D eigenvalue weighted by Crippen LogP contribution is 2.38. The number of hydrogen-bond acceptors (Lipinski definition) is 6. The van der Waals surface area contributed by atoms with Crippen LogP contribution < -0.4 is 4.74 Å². The normalized spacial score (nSPS) is 12.3. The summed E-state index contributed by atoms with van der Waals surface area (Å²) in [6.07, 6.45) is 6.99. The van der Waals surface area contributed by atoms with Gasteiger partial charge in [-0.2, -0.15) is 8.42 Å². The second kappa shape index (κ2) is 17.5. The highest BCUT2D eigenvalue weighted by Gasteiger charge is 2.21. The second-order valence-corrected chi connectivity index (χ2v) is 13.6. The Labute approximate surface area is 272 Å². The monoisotopic (exact) mass is 648 g/mol. The molecule has 1 atom stereocenters. The molecular weight excluding hydrogens is 605 g/mol.